The molecule has 2 aliphatic heterocycles. The number of rotatable bonds is 4. The summed E-state index contributed by atoms with van der Waals surface area (Å²) in [5.41, 5.74) is 0. The number of hydrogen-bond donors (Lipinski definition) is 0. The maximum atomic E-state index is 12.2. The molecule has 0 saturated carbocycles. The van der Waals surface area contributed by atoms with Crippen LogP contribution in [-0.4, -0.2) is 32.8 Å². The Morgan fingerprint density at radius 3 is 3.12 bits per heavy atom. The Bertz CT molecular complexity index is 429. The zero-order valence-electron chi connectivity index (χ0n) is 10.0. The highest BCUT2D eigenvalue weighted by Crippen LogP contribution is 2.39. The molecule has 3 rings (SSSR count). The second-order valence-corrected chi connectivity index (χ2v) is 4.85. The molecule has 2 saturated heterocycles. The summed E-state index contributed by atoms with van der Waals surface area (Å²) in [7, 11) is 0. The average Bonchev–Trinajstić information content (AvgIpc) is 3.03. The van der Waals surface area contributed by atoms with E-state index in [-0.39, 0.29) is 17.8 Å². The minimum Gasteiger partial charge on any atom is -0.374 e. The normalized spacial score (nSPS) is 31.0. The minimum absolute atomic E-state index is 0.0933. The van der Waals surface area contributed by atoms with Crippen molar-refractivity contribution in [1.29, 1.82) is 0 Å². The van der Waals surface area contributed by atoms with Gasteiger partial charge in [0.2, 0.25) is 0 Å². The van der Waals surface area contributed by atoms with E-state index in [1.54, 1.807) is 4.68 Å². The first-order valence-corrected chi connectivity index (χ1v) is 6.32. The number of carbonyl (C=O) groups excluding carboxylic acids is 1. The Labute approximate surface area is 100 Å². The van der Waals surface area contributed by atoms with Gasteiger partial charge < -0.3 is 4.74 Å². The molecule has 0 spiro atoms. The third-order valence-corrected chi connectivity index (χ3v) is 3.85. The largest absolute Gasteiger partial charge is 0.374 e. The van der Waals surface area contributed by atoms with Crippen molar-refractivity contribution >= 4 is 5.78 Å². The molecule has 2 fully saturated rings. The predicted octanol–water partition coefficient (Wildman–Crippen LogP) is 0.977. The molecule has 0 amide bonds. The summed E-state index contributed by atoms with van der Waals surface area (Å²) in [5.74, 6) is 1.14. The van der Waals surface area contributed by atoms with Gasteiger partial charge in [-0.3, -0.25) is 4.79 Å². The van der Waals surface area contributed by atoms with Gasteiger partial charge in [0.25, 0.3) is 0 Å². The van der Waals surface area contributed by atoms with E-state index in [1.165, 1.54) is 6.33 Å². The molecule has 2 aliphatic rings. The van der Waals surface area contributed by atoms with Gasteiger partial charge in [-0.2, -0.15) is 5.10 Å². The van der Waals surface area contributed by atoms with Crippen LogP contribution in [0.5, 0.6) is 0 Å². The minimum atomic E-state index is 0.0933. The van der Waals surface area contributed by atoms with Gasteiger partial charge in [0.05, 0.1) is 18.6 Å². The second-order valence-electron chi connectivity index (χ2n) is 4.85. The van der Waals surface area contributed by atoms with Gasteiger partial charge in [-0.05, 0) is 26.2 Å². The summed E-state index contributed by atoms with van der Waals surface area (Å²) < 4.78 is 7.50. The lowest BCUT2D eigenvalue weighted by Gasteiger charge is -2.16. The van der Waals surface area contributed by atoms with Crippen LogP contribution in [0.15, 0.2) is 6.33 Å². The fourth-order valence-electron chi connectivity index (χ4n) is 2.95. The molecule has 0 aromatic carbocycles. The van der Waals surface area contributed by atoms with Crippen LogP contribution in [0.3, 0.4) is 0 Å². The molecular formula is C12H17N3O2. The summed E-state index contributed by atoms with van der Waals surface area (Å²) >= 11 is 0. The lowest BCUT2D eigenvalue weighted by atomic mass is 9.85. The van der Waals surface area contributed by atoms with Crippen molar-refractivity contribution < 1.29 is 9.53 Å². The van der Waals surface area contributed by atoms with E-state index in [1.807, 2.05) is 6.92 Å². The van der Waals surface area contributed by atoms with Gasteiger partial charge >= 0.3 is 0 Å². The van der Waals surface area contributed by atoms with Gasteiger partial charge in [-0.15, -0.1) is 0 Å². The standard InChI is InChI=1S/C12H17N3O2/c1-2-15-12(13-7-14-15)6-10(16)9-5-8-3-4-11(9)17-8/h7-9,11H,2-6H2,1H3. The quantitative estimate of drug-likeness (QED) is 0.780. The van der Waals surface area contributed by atoms with Crippen molar-refractivity contribution in [2.24, 2.45) is 5.92 Å². The molecule has 5 nitrogen and oxygen atoms in total. The zero-order chi connectivity index (χ0) is 11.8. The van der Waals surface area contributed by atoms with E-state index < -0.39 is 0 Å². The SMILES string of the molecule is CCn1ncnc1CC(=O)C1CC2CCC1O2. The topological polar surface area (TPSA) is 57.0 Å². The maximum absolute atomic E-state index is 12.2. The Balaban J connectivity index is 1.68. The van der Waals surface area contributed by atoms with Crippen molar-refractivity contribution in [3.05, 3.63) is 12.2 Å². The van der Waals surface area contributed by atoms with Crippen molar-refractivity contribution in [1.82, 2.24) is 14.8 Å². The monoisotopic (exact) mass is 235 g/mol. The van der Waals surface area contributed by atoms with Gasteiger partial charge in [-0.25, -0.2) is 9.67 Å². The number of fused-ring (bicyclic) bond motifs is 2. The highest BCUT2D eigenvalue weighted by Gasteiger charge is 2.44. The highest BCUT2D eigenvalue weighted by molar-refractivity contribution is 5.83. The van der Waals surface area contributed by atoms with E-state index in [9.17, 15) is 4.79 Å². The molecule has 92 valence electrons. The summed E-state index contributed by atoms with van der Waals surface area (Å²) in [5, 5.41) is 4.08. The third-order valence-electron chi connectivity index (χ3n) is 3.85. The van der Waals surface area contributed by atoms with Gasteiger partial charge in [0.15, 0.2) is 0 Å². The fourth-order valence-corrected chi connectivity index (χ4v) is 2.95. The smallest absolute Gasteiger partial charge is 0.146 e. The van der Waals surface area contributed by atoms with Crippen LogP contribution in [0.1, 0.15) is 32.0 Å². The Morgan fingerprint density at radius 2 is 2.47 bits per heavy atom. The first-order chi connectivity index (χ1) is 8.28. The molecule has 3 unspecified atom stereocenters. The van der Waals surface area contributed by atoms with Crippen LogP contribution in [-0.2, 0) is 22.5 Å². The van der Waals surface area contributed by atoms with Crippen LogP contribution in [0.25, 0.3) is 0 Å². The van der Waals surface area contributed by atoms with E-state index in [4.69, 9.17) is 4.74 Å². The Kier molecular flexibility index (Phi) is 2.70. The summed E-state index contributed by atoms with van der Waals surface area (Å²) in [6, 6.07) is 0. The molecule has 3 atom stereocenters. The van der Waals surface area contributed by atoms with Crippen LogP contribution < -0.4 is 0 Å². The molecule has 3 heterocycles. The number of aromatic nitrogens is 3. The predicted molar refractivity (Wildman–Crippen MR) is 60.4 cm³/mol. The molecule has 5 heteroatoms. The zero-order valence-corrected chi connectivity index (χ0v) is 10.0. The number of carbonyl (C=O) groups is 1. The van der Waals surface area contributed by atoms with Crippen LogP contribution in [0.2, 0.25) is 0 Å². The summed E-state index contributed by atoms with van der Waals surface area (Å²) in [6.07, 6.45) is 5.49. The van der Waals surface area contributed by atoms with E-state index >= 15 is 0 Å². The van der Waals surface area contributed by atoms with Gasteiger partial charge in [0, 0.05) is 12.5 Å². The number of hydrogen-bond acceptors (Lipinski definition) is 4. The Hall–Kier alpha value is -1.23. The lowest BCUT2D eigenvalue weighted by Crippen LogP contribution is -2.27. The highest BCUT2D eigenvalue weighted by atomic mass is 16.5. The van der Waals surface area contributed by atoms with Crippen molar-refractivity contribution in [3.63, 3.8) is 0 Å². The number of Topliss-reactive ketones (excluding diaryl/α,β-unsaturated/α-hetero) is 1. The van der Waals surface area contributed by atoms with Crippen molar-refractivity contribution in [2.45, 2.75) is 51.4 Å². The van der Waals surface area contributed by atoms with E-state index in [2.05, 4.69) is 10.1 Å². The molecule has 1 aromatic heterocycles. The first-order valence-electron chi connectivity index (χ1n) is 6.32. The van der Waals surface area contributed by atoms with Crippen LogP contribution in [0, 0.1) is 5.92 Å². The Morgan fingerprint density at radius 1 is 1.59 bits per heavy atom. The van der Waals surface area contributed by atoms with Crippen molar-refractivity contribution in [3.8, 4) is 0 Å². The number of aryl methyl sites for hydroxylation is 1. The van der Waals surface area contributed by atoms with Gasteiger partial charge in [-0.1, -0.05) is 0 Å². The van der Waals surface area contributed by atoms with E-state index in [0.29, 0.717) is 12.5 Å². The first kappa shape index (κ1) is 10.9. The van der Waals surface area contributed by atoms with E-state index in [0.717, 1.165) is 31.6 Å². The van der Waals surface area contributed by atoms with Crippen LogP contribution >= 0.6 is 0 Å². The molecule has 0 aliphatic carbocycles. The molecule has 17 heavy (non-hydrogen) atoms. The fraction of sp³-hybridized carbons (Fsp3) is 0.750. The molecule has 0 radical (unpaired) electrons. The molecule has 0 N–H and O–H groups in total. The second kappa shape index (κ2) is 4.22. The van der Waals surface area contributed by atoms with Gasteiger partial charge in [0.1, 0.15) is 17.9 Å². The lowest BCUT2D eigenvalue weighted by molar-refractivity contribution is -0.123. The molecule has 2 bridgehead atoms. The number of ketones is 1. The van der Waals surface area contributed by atoms with Crippen LogP contribution in [0.4, 0.5) is 0 Å². The molecule has 1 aromatic rings. The molecular weight excluding hydrogens is 218 g/mol. The number of ether oxygens (including phenoxy) is 1. The summed E-state index contributed by atoms with van der Waals surface area (Å²) in [6.45, 7) is 2.76. The number of nitrogens with zero attached hydrogens (tertiary/aromatic N) is 3. The maximum Gasteiger partial charge on any atom is 0.146 e. The summed E-state index contributed by atoms with van der Waals surface area (Å²) in [4.78, 5) is 16.4. The third kappa shape index (κ3) is 1.88. The van der Waals surface area contributed by atoms with Crippen molar-refractivity contribution in [2.75, 3.05) is 0 Å². The average molecular weight is 235 g/mol.